The summed E-state index contributed by atoms with van der Waals surface area (Å²) in [6.45, 7) is 6.49. The summed E-state index contributed by atoms with van der Waals surface area (Å²) in [6.07, 6.45) is 5.11. The average Bonchev–Trinajstić information content (AvgIpc) is 2.61. The van der Waals surface area contributed by atoms with Gasteiger partial charge in [-0.1, -0.05) is 19.9 Å². The zero-order valence-corrected chi connectivity index (χ0v) is 8.96. The molecular formula is C12H16N2. The van der Waals surface area contributed by atoms with E-state index in [1.165, 1.54) is 11.4 Å². The number of hydrogen-bond donors (Lipinski definition) is 1. The van der Waals surface area contributed by atoms with Crippen LogP contribution < -0.4 is 0 Å². The first-order chi connectivity index (χ1) is 6.58. The summed E-state index contributed by atoms with van der Waals surface area (Å²) >= 11 is 0. The lowest BCUT2D eigenvalue weighted by Crippen LogP contribution is -2.21. The van der Waals surface area contributed by atoms with Gasteiger partial charge in [0.2, 0.25) is 0 Å². The van der Waals surface area contributed by atoms with E-state index in [0.717, 1.165) is 12.1 Å². The largest absolute Gasteiger partial charge is 0.365 e. The quantitative estimate of drug-likeness (QED) is 0.739. The van der Waals surface area contributed by atoms with Crippen molar-refractivity contribution in [2.45, 2.75) is 27.2 Å². The van der Waals surface area contributed by atoms with Gasteiger partial charge in [-0.3, -0.25) is 4.99 Å². The molecule has 74 valence electrons. The van der Waals surface area contributed by atoms with E-state index in [-0.39, 0.29) is 5.41 Å². The molecule has 2 heteroatoms. The zero-order chi connectivity index (χ0) is 10.2. The fourth-order valence-corrected chi connectivity index (χ4v) is 1.92. The average molecular weight is 188 g/mol. The monoisotopic (exact) mass is 188 g/mol. The van der Waals surface area contributed by atoms with Crippen LogP contribution in [0.4, 0.5) is 0 Å². The van der Waals surface area contributed by atoms with Crippen LogP contribution in [0.1, 0.15) is 26.5 Å². The summed E-state index contributed by atoms with van der Waals surface area (Å²) in [5.74, 6) is 0. The second-order valence-electron chi connectivity index (χ2n) is 4.44. The molecule has 1 aliphatic rings. The Morgan fingerprint density at radius 3 is 2.71 bits per heavy atom. The summed E-state index contributed by atoms with van der Waals surface area (Å²) in [5, 5.41) is 0. The van der Waals surface area contributed by atoms with Crippen molar-refractivity contribution in [3.05, 3.63) is 35.8 Å². The molecule has 2 nitrogen and oxygen atoms in total. The van der Waals surface area contributed by atoms with Gasteiger partial charge in [0, 0.05) is 35.1 Å². The van der Waals surface area contributed by atoms with Gasteiger partial charge in [-0.15, -0.1) is 0 Å². The SMILES string of the molecule is CC1=CC(C)(C)C(Cc2ccc[nH]2)=N1. The van der Waals surface area contributed by atoms with Gasteiger partial charge in [0.15, 0.2) is 0 Å². The van der Waals surface area contributed by atoms with Crippen LogP contribution in [-0.2, 0) is 6.42 Å². The number of aromatic nitrogens is 1. The van der Waals surface area contributed by atoms with Gasteiger partial charge >= 0.3 is 0 Å². The number of nitrogens with one attached hydrogen (secondary N) is 1. The molecule has 1 aliphatic heterocycles. The lowest BCUT2D eigenvalue weighted by atomic mass is 9.86. The van der Waals surface area contributed by atoms with Gasteiger partial charge in [0.1, 0.15) is 0 Å². The van der Waals surface area contributed by atoms with E-state index in [4.69, 9.17) is 0 Å². The number of allylic oxidation sites excluding steroid dienone is 2. The Bertz CT molecular complexity index is 380. The van der Waals surface area contributed by atoms with Crippen LogP contribution in [0, 0.1) is 5.41 Å². The van der Waals surface area contributed by atoms with E-state index in [9.17, 15) is 0 Å². The van der Waals surface area contributed by atoms with Crippen molar-refractivity contribution in [3.63, 3.8) is 0 Å². The zero-order valence-electron chi connectivity index (χ0n) is 8.96. The maximum atomic E-state index is 4.57. The lowest BCUT2D eigenvalue weighted by Gasteiger charge is -2.17. The maximum Gasteiger partial charge on any atom is 0.0341 e. The summed E-state index contributed by atoms with van der Waals surface area (Å²) in [7, 11) is 0. The molecule has 0 fully saturated rings. The van der Waals surface area contributed by atoms with Crippen molar-refractivity contribution in [1.82, 2.24) is 4.98 Å². The molecule has 1 aromatic heterocycles. The van der Waals surface area contributed by atoms with Crippen LogP contribution in [0.25, 0.3) is 0 Å². The van der Waals surface area contributed by atoms with Crippen molar-refractivity contribution in [2.75, 3.05) is 0 Å². The predicted octanol–water partition coefficient (Wildman–Crippen LogP) is 2.94. The number of aromatic amines is 1. The molecule has 0 spiro atoms. The van der Waals surface area contributed by atoms with Crippen LogP contribution in [0.2, 0.25) is 0 Å². The Morgan fingerprint density at radius 2 is 2.21 bits per heavy atom. The number of rotatable bonds is 2. The number of hydrogen-bond acceptors (Lipinski definition) is 1. The van der Waals surface area contributed by atoms with Crippen LogP contribution in [0.5, 0.6) is 0 Å². The molecular weight excluding hydrogens is 172 g/mol. The molecule has 0 atom stereocenters. The summed E-state index contributed by atoms with van der Waals surface area (Å²) in [6, 6.07) is 4.13. The van der Waals surface area contributed by atoms with Crippen molar-refractivity contribution in [2.24, 2.45) is 10.4 Å². The van der Waals surface area contributed by atoms with Crippen molar-refractivity contribution >= 4 is 5.71 Å². The number of nitrogens with zero attached hydrogens (tertiary/aromatic N) is 1. The van der Waals surface area contributed by atoms with Crippen LogP contribution in [-0.4, -0.2) is 10.7 Å². The minimum absolute atomic E-state index is 0.120. The van der Waals surface area contributed by atoms with Gasteiger partial charge in [-0.05, 0) is 19.1 Å². The topological polar surface area (TPSA) is 28.1 Å². The van der Waals surface area contributed by atoms with Crippen molar-refractivity contribution < 1.29 is 0 Å². The molecule has 0 saturated heterocycles. The Kier molecular flexibility index (Phi) is 2.06. The standard InChI is InChI=1S/C12H16N2/c1-9-8-12(2,3)11(14-9)7-10-5-4-6-13-10/h4-6,8,13H,7H2,1-3H3. The molecule has 0 unspecified atom stereocenters. The van der Waals surface area contributed by atoms with E-state index in [2.05, 4.69) is 42.9 Å². The van der Waals surface area contributed by atoms with Crippen LogP contribution >= 0.6 is 0 Å². The van der Waals surface area contributed by atoms with Crippen molar-refractivity contribution in [1.29, 1.82) is 0 Å². The van der Waals surface area contributed by atoms with Gasteiger partial charge < -0.3 is 4.98 Å². The number of H-pyrrole nitrogens is 1. The van der Waals surface area contributed by atoms with E-state index >= 15 is 0 Å². The third-order valence-corrected chi connectivity index (χ3v) is 2.65. The normalized spacial score (nSPS) is 19.4. The first-order valence-electron chi connectivity index (χ1n) is 4.98. The molecule has 0 amide bonds. The molecule has 0 aliphatic carbocycles. The molecule has 0 radical (unpaired) electrons. The molecule has 0 saturated carbocycles. The Morgan fingerprint density at radius 1 is 1.43 bits per heavy atom. The van der Waals surface area contributed by atoms with Gasteiger partial charge in [0.25, 0.3) is 0 Å². The third kappa shape index (κ3) is 1.65. The first kappa shape index (κ1) is 9.25. The first-order valence-corrected chi connectivity index (χ1v) is 4.98. The highest BCUT2D eigenvalue weighted by Gasteiger charge is 2.27. The minimum Gasteiger partial charge on any atom is -0.365 e. The molecule has 2 heterocycles. The second kappa shape index (κ2) is 3.12. The van der Waals surface area contributed by atoms with Crippen molar-refractivity contribution in [3.8, 4) is 0 Å². The van der Waals surface area contributed by atoms with E-state index < -0.39 is 0 Å². The summed E-state index contributed by atoms with van der Waals surface area (Å²) in [4.78, 5) is 7.79. The highest BCUT2D eigenvalue weighted by molar-refractivity contribution is 5.95. The minimum atomic E-state index is 0.120. The van der Waals surface area contributed by atoms with Gasteiger partial charge in [0.05, 0.1) is 0 Å². The lowest BCUT2D eigenvalue weighted by molar-refractivity contribution is 0.675. The fourth-order valence-electron chi connectivity index (χ4n) is 1.92. The van der Waals surface area contributed by atoms with Crippen LogP contribution in [0.15, 0.2) is 35.1 Å². The molecule has 14 heavy (non-hydrogen) atoms. The smallest absolute Gasteiger partial charge is 0.0341 e. The van der Waals surface area contributed by atoms with Crippen LogP contribution in [0.3, 0.4) is 0 Å². The molecule has 1 aromatic rings. The third-order valence-electron chi connectivity index (χ3n) is 2.65. The highest BCUT2D eigenvalue weighted by atomic mass is 14.8. The fraction of sp³-hybridized carbons (Fsp3) is 0.417. The van der Waals surface area contributed by atoms with Gasteiger partial charge in [-0.25, -0.2) is 0 Å². The summed E-state index contributed by atoms with van der Waals surface area (Å²) < 4.78 is 0. The summed E-state index contributed by atoms with van der Waals surface area (Å²) in [5.41, 5.74) is 3.74. The number of aliphatic imine (C=N–C) groups is 1. The second-order valence-corrected chi connectivity index (χ2v) is 4.44. The van der Waals surface area contributed by atoms with E-state index in [1.54, 1.807) is 0 Å². The Labute approximate surface area is 84.8 Å². The predicted molar refractivity (Wildman–Crippen MR) is 59.5 cm³/mol. The molecule has 2 rings (SSSR count). The molecule has 0 aromatic carbocycles. The highest BCUT2D eigenvalue weighted by Crippen LogP contribution is 2.30. The van der Waals surface area contributed by atoms with E-state index in [0.29, 0.717) is 0 Å². The van der Waals surface area contributed by atoms with E-state index in [1.807, 2.05) is 12.3 Å². The van der Waals surface area contributed by atoms with Gasteiger partial charge in [-0.2, -0.15) is 0 Å². The molecule has 1 N–H and O–H groups in total. The maximum absolute atomic E-state index is 4.57. The Balaban J connectivity index is 2.18. The molecule has 0 bridgehead atoms. The Hall–Kier alpha value is -1.31.